The normalized spacial score (nSPS) is 21.2. The Kier molecular flexibility index (Phi) is 4.20. The average Bonchev–Trinajstić information content (AvgIpc) is 2.82. The van der Waals surface area contributed by atoms with Gasteiger partial charge in [0.05, 0.1) is 6.61 Å². The fourth-order valence-electron chi connectivity index (χ4n) is 3.64. The van der Waals surface area contributed by atoms with Gasteiger partial charge >= 0.3 is 0 Å². The Labute approximate surface area is 121 Å². The number of rotatable bonds is 4. The van der Waals surface area contributed by atoms with Gasteiger partial charge in [-0.15, -0.1) is 0 Å². The van der Waals surface area contributed by atoms with Gasteiger partial charge in [-0.1, -0.05) is 19.3 Å². The van der Waals surface area contributed by atoms with Gasteiger partial charge in [-0.2, -0.15) is 0 Å². The Bertz CT molecular complexity index is 455. The Balaban J connectivity index is 1.74. The molecule has 0 amide bonds. The number of nitrogens with zero attached hydrogens (tertiary/aromatic N) is 2. The van der Waals surface area contributed by atoms with E-state index in [1.807, 2.05) is 0 Å². The number of aliphatic hydroxyl groups excluding tert-OH is 1. The van der Waals surface area contributed by atoms with Gasteiger partial charge in [0.1, 0.15) is 12.1 Å². The number of hydrogen-bond acceptors (Lipinski definition) is 4. The standard InChI is InChI=1S/C16H25N3O/c20-11-16(8-4-5-9-16)10-17-15-13-6-2-1-3-7-14(13)18-12-19-15/h12,20H,1-11H2,(H,17,18,19). The summed E-state index contributed by atoms with van der Waals surface area (Å²) in [7, 11) is 0. The first-order valence-corrected chi connectivity index (χ1v) is 8.00. The highest BCUT2D eigenvalue weighted by Crippen LogP contribution is 2.38. The molecule has 0 aliphatic heterocycles. The van der Waals surface area contributed by atoms with Crippen molar-refractivity contribution in [3.8, 4) is 0 Å². The monoisotopic (exact) mass is 275 g/mol. The molecule has 4 heteroatoms. The molecule has 20 heavy (non-hydrogen) atoms. The quantitative estimate of drug-likeness (QED) is 0.830. The minimum atomic E-state index is 0.0720. The van der Waals surface area contributed by atoms with Crippen molar-refractivity contribution < 1.29 is 5.11 Å². The predicted molar refractivity (Wildman–Crippen MR) is 79.8 cm³/mol. The van der Waals surface area contributed by atoms with Crippen LogP contribution in [0.5, 0.6) is 0 Å². The van der Waals surface area contributed by atoms with Crippen molar-refractivity contribution >= 4 is 5.82 Å². The first-order valence-electron chi connectivity index (χ1n) is 8.00. The molecule has 0 radical (unpaired) electrons. The number of hydrogen-bond donors (Lipinski definition) is 2. The summed E-state index contributed by atoms with van der Waals surface area (Å²) >= 11 is 0. The van der Waals surface area contributed by atoms with Crippen molar-refractivity contribution in [2.24, 2.45) is 5.41 Å². The molecule has 2 aliphatic rings. The van der Waals surface area contributed by atoms with Crippen LogP contribution in [-0.4, -0.2) is 28.2 Å². The van der Waals surface area contributed by atoms with Gasteiger partial charge in [0.15, 0.2) is 0 Å². The van der Waals surface area contributed by atoms with Crippen LogP contribution in [0, 0.1) is 5.41 Å². The van der Waals surface area contributed by atoms with Gasteiger partial charge in [0.25, 0.3) is 0 Å². The summed E-state index contributed by atoms with van der Waals surface area (Å²) < 4.78 is 0. The lowest BCUT2D eigenvalue weighted by Crippen LogP contribution is -2.31. The highest BCUT2D eigenvalue weighted by Gasteiger charge is 2.33. The molecule has 0 bridgehead atoms. The second-order valence-corrected chi connectivity index (χ2v) is 6.43. The Morgan fingerprint density at radius 3 is 2.65 bits per heavy atom. The van der Waals surface area contributed by atoms with Crippen molar-refractivity contribution in [3.05, 3.63) is 17.6 Å². The van der Waals surface area contributed by atoms with E-state index < -0.39 is 0 Å². The maximum absolute atomic E-state index is 9.71. The first kappa shape index (κ1) is 13.8. The van der Waals surface area contributed by atoms with Crippen molar-refractivity contribution in [1.82, 2.24) is 9.97 Å². The molecule has 4 nitrogen and oxygen atoms in total. The van der Waals surface area contributed by atoms with Crippen LogP contribution in [0.3, 0.4) is 0 Å². The fourth-order valence-corrected chi connectivity index (χ4v) is 3.64. The maximum atomic E-state index is 9.71. The summed E-state index contributed by atoms with van der Waals surface area (Å²) in [6.07, 6.45) is 12.4. The van der Waals surface area contributed by atoms with Gasteiger partial charge in [-0.25, -0.2) is 9.97 Å². The van der Waals surface area contributed by atoms with E-state index in [1.165, 1.54) is 43.4 Å². The summed E-state index contributed by atoms with van der Waals surface area (Å²) in [4.78, 5) is 8.91. The molecule has 2 N–H and O–H groups in total. The van der Waals surface area contributed by atoms with E-state index >= 15 is 0 Å². The lowest BCUT2D eigenvalue weighted by atomic mass is 9.87. The Hall–Kier alpha value is -1.16. The van der Waals surface area contributed by atoms with Crippen LogP contribution < -0.4 is 5.32 Å². The molecule has 0 aromatic carbocycles. The highest BCUT2D eigenvalue weighted by molar-refractivity contribution is 5.46. The molecule has 1 aromatic rings. The van der Waals surface area contributed by atoms with E-state index in [0.29, 0.717) is 0 Å². The molecular formula is C16H25N3O. The summed E-state index contributed by atoms with van der Waals surface area (Å²) in [5, 5.41) is 13.2. The molecular weight excluding hydrogens is 250 g/mol. The second-order valence-electron chi connectivity index (χ2n) is 6.43. The minimum absolute atomic E-state index is 0.0720. The number of aromatic nitrogens is 2. The molecule has 2 aliphatic carbocycles. The number of nitrogens with one attached hydrogen (secondary N) is 1. The molecule has 0 spiro atoms. The second kappa shape index (κ2) is 6.08. The van der Waals surface area contributed by atoms with Crippen molar-refractivity contribution in [2.75, 3.05) is 18.5 Å². The van der Waals surface area contributed by atoms with Crippen LogP contribution in [0.4, 0.5) is 5.82 Å². The fraction of sp³-hybridized carbons (Fsp3) is 0.750. The molecule has 1 fully saturated rings. The zero-order chi connectivity index (χ0) is 13.8. The largest absolute Gasteiger partial charge is 0.396 e. The first-order chi connectivity index (χ1) is 9.83. The summed E-state index contributed by atoms with van der Waals surface area (Å²) in [6.45, 7) is 1.13. The molecule has 1 saturated carbocycles. The maximum Gasteiger partial charge on any atom is 0.132 e. The number of fused-ring (bicyclic) bond motifs is 1. The minimum Gasteiger partial charge on any atom is -0.396 e. The molecule has 1 heterocycles. The molecule has 0 saturated heterocycles. The van der Waals surface area contributed by atoms with E-state index in [0.717, 1.165) is 38.0 Å². The van der Waals surface area contributed by atoms with E-state index in [2.05, 4.69) is 15.3 Å². The molecule has 0 unspecified atom stereocenters. The third kappa shape index (κ3) is 2.80. The lowest BCUT2D eigenvalue weighted by molar-refractivity contribution is 0.142. The number of aliphatic hydroxyl groups is 1. The van der Waals surface area contributed by atoms with Crippen LogP contribution in [0.1, 0.15) is 56.2 Å². The highest BCUT2D eigenvalue weighted by atomic mass is 16.3. The van der Waals surface area contributed by atoms with Crippen molar-refractivity contribution in [1.29, 1.82) is 0 Å². The molecule has 110 valence electrons. The summed E-state index contributed by atoms with van der Waals surface area (Å²) in [6, 6.07) is 0. The Morgan fingerprint density at radius 2 is 1.85 bits per heavy atom. The zero-order valence-corrected chi connectivity index (χ0v) is 12.2. The summed E-state index contributed by atoms with van der Waals surface area (Å²) in [5.41, 5.74) is 2.61. The van der Waals surface area contributed by atoms with Crippen LogP contribution in [0.2, 0.25) is 0 Å². The van der Waals surface area contributed by atoms with Crippen molar-refractivity contribution in [3.63, 3.8) is 0 Å². The van der Waals surface area contributed by atoms with Gasteiger partial charge in [-0.05, 0) is 38.5 Å². The van der Waals surface area contributed by atoms with Crippen molar-refractivity contribution in [2.45, 2.75) is 57.8 Å². The topological polar surface area (TPSA) is 58.0 Å². The van der Waals surface area contributed by atoms with Gasteiger partial charge in [-0.3, -0.25) is 0 Å². The van der Waals surface area contributed by atoms with E-state index in [-0.39, 0.29) is 12.0 Å². The molecule has 1 aromatic heterocycles. The van der Waals surface area contributed by atoms with Crippen LogP contribution in [0.15, 0.2) is 6.33 Å². The lowest BCUT2D eigenvalue weighted by Gasteiger charge is -2.27. The zero-order valence-electron chi connectivity index (χ0n) is 12.2. The third-order valence-corrected chi connectivity index (χ3v) is 5.01. The van der Waals surface area contributed by atoms with Gasteiger partial charge in [0.2, 0.25) is 0 Å². The average molecular weight is 275 g/mol. The predicted octanol–water partition coefficient (Wildman–Crippen LogP) is 2.71. The molecule has 0 atom stereocenters. The smallest absolute Gasteiger partial charge is 0.132 e. The van der Waals surface area contributed by atoms with Gasteiger partial charge < -0.3 is 10.4 Å². The van der Waals surface area contributed by atoms with E-state index in [1.54, 1.807) is 6.33 Å². The van der Waals surface area contributed by atoms with Gasteiger partial charge in [0, 0.05) is 23.2 Å². The SMILES string of the molecule is OCC1(CNc2ncnc3c2CCCCC3)CCCC1. The van der Waals surface area contributed by atoms with E-state index in [4.69, 9.17) is 0 Å². The van der Waals surface area contributed by atoms with Crippen LogP contribution >= 0.6 is 0 Å². The number of anilines is 1. The summed E-state index contributed by atoms with van der Waals surface area (Å²) in [5.74, 6) is 1.01. The van der Waals surface area contributed by atoms with Crippen LogP contribution in [0.25, 0.3) is 0 Å². The van der Waals surface area contributed by atoms with E-state index in [9.17, 15) is 5.11 Å². The molecule has 3 rings (SSSR count). The Morgan fingerprint density at radius 1 is 1.05 bits per heavy atom. The number of aryl methyl sites for hydroxylation is 1. The third-order valence-electron chi connectivity index (χ3n) is 5.01. The van der Waals surface area contributed by atoms with Crippen LogP contribution in [-0.2, 0) is 12.8 Å².